The van der Waals surface area contributed by atoms with E-state index in [1.807, 2.05) is 0 Å². The van der Waals surface area contributed by atoms with Gasteiger partial charge in [-0.15, -0.1) is 0 Å². The Morgan fingerprint density at radius 1 is 1.11 bits per heavy atom. The molecule has 1 N–H and O–H groups in total. The molecule has 0 bridgehead atoms. The summed E-state index contributed by atoms with van der Waals surface area (Å²) in [4.78, 5) is 0. The fraction of sp³-hybridized carbons (Fsp3) is 1.00. The van der Waals surface area contributed by atoms with Crippen LogP contribution in [0.15, 0.2) is 0 Å². The van der Waals surface area contributed by atoms with Crippen molar-refractivity contribution in [3.63, 3.8) is 0 Å². The maximum absolute atomic E-state index is 6.14. The van der Waals surface area contributed by atoms with Crippen molar-refractivity contribution in [1.82, 2.24) is 5.32 Å². The van der Waals surface area contributed by atoms with E-state index in [9.17, 15) is 0 Å². The Bertz CT molecular complexity index is 242. The molecule has 0 heterocycles. The number of nitrogens with one attached hydrogen (secondary N) is 1. The van der Waals surface area contributed by atoms with Crippen molar-refractivity contribution in [3.05, 3.63) is 0 Å². The van der Waals surface area contributed by atoms with Crippen molar-refractivity contribution in [2.75, 3.05) is 13.2 Å². The van der Waals surface area contributed by atoms with Gasteiger partial charge in [-0.2, -0.15) is 0 Å². The maximum Gasteiger partial charge on any atom is 0.0578 e. The van der Waals surface area contributed by atoms with Crippen LogP contribution in [0, 0.1) is 11.3 Å². The molecule has 0 amide bonds. The van der Waals surface area contributed by atoms with Gasteiger partial charge < -0.3 is 10.1 Å². The van der Waals surface area contributed by atoms with Crippen molar-refractivity contribution in [2.24, 2.45) is 11.3 Å². The zero-order valence-corrected chi connectivity index (χ0v) is 13.3. The SMILES string of the molecule is CC1CCCC(OCC(C)(C)CNC(C)(C)C)C1. The Kier molecular flexibility index (Phi) is 5.67. The van der Waals surface area contributed by atoms with Gasteiger partial charge in [-0.3, -0.25) is 0 Å². The van der Waals surface area contributed by atoms with Crippen molar-refractivity contribution >= 4 is 0 Å². The van der Waals surface area contributed by atoms with Gasteiger partial charge in [0.25, 0.3) is 0 Å². The van der Waals surface area contributed by atoms with E-state index in [2.05, 4.69) is 46.9 Å². The van der Waals surface area contributed by atoms with Crippen molar-refractivity contribution in [2.45, 2.75) is 78.9 Å². The van der Waals surface area contributed by atoms with Gasteiger partial charge in [0, 0.05) is 17.5 Å². The van der Waals surface area contributed by atoms with Crippen molar-refractivity contribution in [3.8, 4) is 0 Å². The minimum absolute atomic E-state index is 0.191. The van der Waals surface area contributed by atoms with E-state index in [1.54, 1.807) is 0 Å². The highest BCUT2D eigenvalue weighted by Crippen LogP contribution is 2.27. The highest BCUT2D eigenvalue weighted by molar-refractivity contribution is 4.79. The van der Waals surface area contributed by atoms with Crippen molar-refractivity contribution in [1.29, 1.82) is 0 Å². The second-order valence-electron chi connectivity index (χ2n) is 7.97. The van der Waals surface area contributed by atoms with Crippen LogP contribution in [0.1, 0.15) is 67.2 Å². The predicted octanol–water partition coefficient (Wildman–Crippen LogP) is 4.00. The highest BCUT2D eigenvalue weighted by Gasteiger charge is 2.25. The van der Waals surface area contributed by atoms with Crippen LogP contribution in [0.25, 0.3) is 0 Å². The molecule has 0 aromatic rings. The monoisotopic (exact) mass is 255 g/mol. The summed E-state index contributed by atoms with van der Waals surface area (Å²) in [5.41, 5.74) is 0.407. The molecular formula is C16H33NO. The fourth-order valence-corrected chi connectivity index (χ4v) is 2.43. The minimum atomic E-state index is 0.191. The lowest BCUT2D eigenvalue weighted by molar-refractivity contribution is -0.0246. The van der Waals surface area contributed by atoms with E-state index in [0.717, 1.165) is 19.1 Å². The van der Waals surface area contributed by atoms with Crippen LogP contribution < -0.4 is 5.32 Å². The molecular weight excluding hydrogens is 222 g/mol. The Morgan fingerprint density at radius 2 is 1.78 bits per heavy atom. The largest absolute Gasteiger partial charge is 0.378 e. The summed E-state index contributed by atoms with van der Waals surface area (Å²) in [6, 6.07) is 0. The topological polar surface area (TPSA) is 21.3 Å². The van der Waals surface area contributed by atoms with Crippen molar-refractivity contribution < 1.29 is 4.74 Å². The van der Waals surface area contributed by atoms with Gasteiger partial charge >= 0.3 is 0 Å². The third kappa shape index (κ3) is 6.75. The zero-order valence-electron chi connectivity index (χ0n) is 13.3. The molecule has 2 atom stereocenters. The first-order valence-corrected chi connectivity index (χ1v) is 7.55. The van der Waals surface area contributed by atoms with Gasteiger partial charge in [0.15, 0.2) is 0 Å². The van der Waals surface area contributed by atoms with Crippen LogP contribution in [0.2, 0.25) is 0 Å². The summed E-state index contributed by atoms with van der Waals surface area (Å²) in [6.07, 6.45) is 5.74. The smallest absolute Gasteiger partial charge is 0.0578 e. The highest BCUT2D eigenvalue weighted by atomic mass is 16.5. The molecule has 18 heavy (non-hydrogen) atoms. The second kappa shape index (κ2) is 6.38. The third-order valence-corrected chi connectivity index (χ3v) is 3.70. The molecule has 1 fully saturated rings. The predicted molar refractivity (Wildman–Crippen MR) is 78.9 cm³/mol. The van der Waals surface area contributed by atoms with Crippen LogP contribution in [-0.2, 0) is 4.74 Å². The van der Waals surface area contributed by atoms with Gasteiger partial charge in [0.2, 0.25) is 0 Å². The number of rotatable bonds is 5. The molecule has 2 unspecified atom stereocenters. The minimum Gasteiger partial charge on any atom is -0.378 e. The maximum atomic E-state index is 6.14. The first kappa shape index (κ1) is 16.0. The molecule has 0 aromatic heterocycles. The van der Waals surface area contributed by atoms with Gasteiger partial charge in [-0.25, -0.2) is 0 Å². The standard InChI is InChI=1S/C16H33NO/c1-13-8-7-9-14(10-13)18-12-16(5,6)11-17-15(2,3)4/h13-14,17H,7-12H2,1-6H3. The van der Waals surface area contributed by atoms with E-state index in [4.69, 9.17) is 4.74 Å². The molecule has 0 radical (unpaired) electrons. The van der Waals surface area contributed by atoms with Crippen LogP contribution in [-0.4, -0.2) is 24.8 Å². The number of hydrogen-bond donors (Lipinski definition) is 1. The molecule has 0 spiro atoms. The van der Waals surface area contributed by atoms with Crippen LogP contribution in [0.4, 0.5) is 0 Å². The molecule has 2 nitrogen and oxygen atoms in total. The van der Waals surface area contributed by atoms with Crippen LogP contribution in [0.3, 0.4) is 0 Å². The van der Waals surface area contributed by atoms with E-state index >= 15 is 0 Å². The Labute approximate surface area is 114 Å². The van der Waals surface area contributed by atoms with Gasteiger partial charge in [-0.05, 0) is 39.5 Å². The molecule has 1 saturated carbocycles. The molecule has 1 aliphatic carbocycles. The summed E-state index contributed by atoms with van der Waals surface area (Å²) in [5, 5.41) is 3.58. The first-order chi connectivity index (χ1) is 8.18. The lowest BCUT2D eigenvalue weighted by Gasteiger charge is -2.33. The van der Waals surface area contributed by atoms with Crippen LogP contribution in [0.5, 0.6) is 0 Å². The number of hydrogen-bond acceptors (Lipinski definition) is 2. The summed E-state index contributed by atoms with van der Waals surface area (Å²) in [5.74, 6) is 0.847. The summed E-state index contributed by atoms with van der Waals surface area (Å²) >= 11 is 0. The number of ether oxygens (including phenoxy) is 1. The normalized spacial score (nSPS) is 26.3. The quantitative estimate of drug-likeness (QED) is 0.802. The van der Waals surface area contributed by atoms with Gasteiger partial charge in [0.1, 0.15) is 0 Å². The molecule has 108 valence electrons. The van der Waals surface area contributed by atoms with E-state index in [0.29, 0.717) is 6.10 Å². The average Bonchev–Trinajstić information content (AvgIpc) is 2.24. The molecule has 0 saturated heterocycles. The third-order valence-electron chi connectivity index (χ3n) is 3.70. The average molecular weight is 255 g/mol. The fourth-order valence-electron chi connectivity index (χ4n) is 2.43. The Morgan fingerprint density at radius 3 is 2.33 bits per heavy atom. The molecule has 0 aliphatic heterocycles. The Balaban J connectivity index is 2.27. The van der Waals surface area contributed by atoms with Gasteiger partial charge in [-0.1, -0.05) is 33.6 Å². The van der Waals surface area contributed by atoms with Gasteiger partial charge in [0.05, 0.1) is 12.7 Å². The summed E-state index contributed by atoms with van der Waals surface area (Å²) in [6.45, 7) is 15.5. The zero-order chi connectivity index (χ0) is 13.8. The van der Waals surface area contributed by atoms with Crippen LogP contribution >= 0.6 is 0 Å². The first-order valence-electron chi connectivity index (χ1n) is 7.55. The van der Waals surface area contributed by atoms with E-state index < -0.39 is 0 Å². The summed E-state index contributed by atoms with van der Waals surface area (Å²) in [7, 11) is 0. The molecule has 0 aromatic carbocycles. The second-order valence-corrected chi connectivity index (χ2v) is 7.97. The lowest BCUT2D eigenvalue weighted by atomic mass is 9.88. The summed E-state index contributed by atoms with van der Waals surface area (Å²) < 4.78 is 6.14. The van der Waals surface area contributed by atoms with E-state index in [-0.39, 0.29) is 11.0 Å². The molecule has 1 aliphatic rings. The Hall–Kier alpha value is -0.0800. The molecule has 1 rings (SSSR count). The molecule has 2 heteroatoms. The lowest BCUT2D eigenvalue weighted by Crippen LogP contribution is -2.44. The van der Waals surface area contributed by atoms with E-state index in [1.165, 1.54) is 25.7 Å².